The van der Waals surface area contributed by atoms with Gasteiger partial charge in [-0.3, -0.25) is 9.79 Å². The largest absolute Gasteiger partial charge is 0.493 e. The Balaban J connectivity index is 1.43. The standard InChI is InChI=1S/C24H32N4O3/c1-18(31-22-8-5-4-7-21(22)30-3)15-26-24(25-2)27-16-19-10-12-20(13-11-19)17-28-14-6-9-23(28)29/h4-5,7-8,10-13,18H,6,9,14-17H2,1-3H3,(H2,25,26,27). The van der Waals surface area contributed by atoms with Crippen molar-refractivity contribution in [1.82, 2.24) is 15.5 Å². The summed E-state index contributed by atoms with van der Waals surface area (Å²) < 4.78 is 11.3. The molecule has 31 heavy (non-hydrogen) atoms. The van der Waals surface area contributed by atoms with Crippen LogP contribution in [0.5, 0.6) is 11.5 Å². The summed E-state index contributed by atoms with van der Waals surface area (Å²) >= 11 is 0. The van der Waals surface area contributed by atoms with Crippen LogP contribution in [0, 0.1) is 0 Å². The summed E-state index contributed by atoms with van der Waals surface area (Å²) in [5, 5.41) is 6.61. The average molecular weight is 425 g/mol. The van der Waals surface area contributed by atoms with Crippen LogP contribution in [0.1, 0.15) is 30.9 Å². The Morgan fingerprint density at radius 2 is 1.81 bits per heavy atom. The lowest BCUT2D eigenvalue weighted by molar-refractivity contribution is -0.128. The first kappa shape index (κ1) is 22.5. The number of nitrogens with one attached hydrogen (secondary N) is 2. The zero-order chi connectivity index (χ0) is 22.1. The smallest absolute Gasteiger partial charge is 0.222 e. The van der Waals surface area contributed by atoms with Gasteiger partial charge in [0.15, 0.2) is 17.5 Å². The Morgan fingerprint density at radius 3 is 2.45 bits per heavy atom. The minimum atomic E-state index is -0.0672. The van der Waals surface area contributed by atoms with Crippen LogP contribution >= 0.6 is 0 Å². The number of hydrogen-bond donors (Lipinski definition) is 2. The topological polar surface area (TPSA) is 75.2 Å². The van der Waals surface area contributed by atoms with Crippen LogP contribution in [0.25, 0.3) is 0 Å². The fraction of sp³-hybridized carbons (Fsp3) is 0.417. The molecule has 7 heteroatoms. The number of carbonyl (C=O) groups is 1. The maximum atomic E-state index is 11.8. The van der Waals surface area contributed by atoms with Gasteiger partial charge in [0, 0.05) is 33.1 Å². The molecule has 2 aromatic rings. The van der Waals surface area contributed by atoms with E-state index in [-0.39, 0.29) is 12.0 Å². The maximum absolute atomic E-state index is 11.8. The minimum absolute atomic E-state index is 0.0672. The van der Waals surface area contributed by atoms with Crippen molar-refractivity contribution >= 4 is 11.9 Å². The summed E-state index contributed by atoms with van der Waals surface area (Å²) in [6.45, 7) is 4.81. The first-order valence-electron chi connectivity index (χ1n) is 10.7. The molecule has 1 heterocycles. The molecule has 0 spiro atoms. The molecule has 1 unspecified atom stereocenters. The van der Waals surface area contributed by atoms with Gasteiger partial charge in [-0.05, 0) is 36.6 Å². The van der Waals surface area contributed by atoms with Gasteiger partial charge in [0.05, 0.1) is 13.7 Å². The van der Waals surface area contributed by atoms with Crippen molar-refractivity contribution in [3.63, 3.8) is 0 Å². The molecular weight excluding hydrogens is 392 g/mol. The Hall–Kier alpha value is -3.22. The number of nitrogens with zero attached hydrogens (tertiary/aromatic N) is 2. The summed E-state index contributed by atoms with van der Waals surface area (Å²) in [6, 6.07) is 16.0. The maximum Gasteiger partial charge on any atom is 0.222 e. The molecule has 0 aliphatic carbocycles. The van der Waals surface area contributed by atoms with Gasteiger partial charge in [-0.25, -0.2) is 0 Å². The Morgan fingerprint density at radius 1 is 1.10 bits per heavy atom. The minimum Gasteiger partial charge on any atom is -0.493 e. The third-order valence-electron chi connectivity index (χ3n) is 5.21. The third-order valence-corrected chi connectivity index (χ3v) is 5.21. The predicted octanol–water partition coefficient (Wildman–Crippen LogP) is 2.95. The number of para-hydroxylation sites is 2. The molecule has 2 aromatic carbocycles. The monoisotopic (exact) mass is 424 g/mol. The van der Waals surface area contributed by atoms with Crippen molar-refractivity contribution in [1.29, 1.82) is 0 Å². The van der Waals surface area contributed by atoms with Crippen molar-refractivity contribution in [3.8, 4) is 11.5 Å². The summed E-state index contributed by atoms with van der Waals surface area (Å²) in [5.41, 5.74) is 2.31. The summed E-state index contributed by atoms with van der Waals surface area (Å²) in [5.74, 6) is 2.40. The van der Waals surface area contributed by atoms with Gasteiger partial charge in [-0.2, -0.15) is 0 Å². The van der Waals surface area contributed by atoms with E-state index < -0.39 is 0 Å². The van der Waals surface area contributed by atoms with Crippen molar-refractivity contribution < 1.29 is 14.3 Å². The zero-order valence-corrected chi connectivity index (χ0v) is 18.6. The number of guanidine groups is 1. The van der Waals surface area contributed by atoms with Crippen LogP contribution in [0.15, 0.2) is 53.5 Å². The summed E-state index contributed by atoms with van der Waals surface area (Å²) in [6.07, 6.45) is 1.58. The molecule has 0 saturated carbocycles. The van der Waals surface area contributed by atoms with E-state index in [1.54, 1.807) is 14.2 Å². The van der Waals surface area contributed by atoms with Crippen molar-refractivity contribution in [3.05, 3.63) is 59.7 Å². The normalized spacial score (nSPS) is 15.0. The second-order valence-electron chi connectivity index (χ2n) is 7.62. The highest BCUT2D eigenvalue weighted by Crippen LogP contribution is 2.26. The van der Waals surface area contributed by atoms with E-state index in [4.69, 9.17) is 9.47 Å². The van der Waals surface area contributed by atoms with Crippen molar-refractivity contribution in [2.45, 2.75) is 39.0 Å². The number of aliphatic imine (C=N–C) groups is 1. The molecule has 1 aliphatic heterocycles. The molecule has 0 radical (unpaired) electrons. The van der Waals surface area contributed by atoms with Gasteiger partial charge in [-0.1, -0.05) is 36.4 Å². The molecular formula is C24H32N4O3. The molecule has 1 atom stereocenters. The van der Waals surface area contributed by atoms with Crippen LogP contribution in [0.3, 0.4) is 0 Å². The fourth-order valence-electron chi connectivity index (χ4n) is 3.48. The molecule has 1 saturated heterocycles. The van der Waals surface area contributed by atoms with Crippen LogP contribution in [0.2, 0.25) is 0 Å². The summed E-state index contributed by atoms with van der Waals surface area (Å²) in [7, 11) is 3.38. The van der Waals surface area contributed by atoms with E-state index in [9.17, 15) is 4.79 Å². The molecule has 2 N–H and O–H groups in total. The third kappa shape index (κ3) is 6.64. The zero-order valence-electron chi connectivity index (χ0n) is 18.6. The van der Waals surface area contributed by atoms with Crippen molar-refractivity contribution in [2.24, 2.45) is 4.99 Å². The van der Waals surface area contributed by atoms with E-state index in [0.717, 1.165) is 35.6 Å². The van der Waals surface area contributed by atoms with E-state index in [1.807, 2.05) is 36.1 Å². The lowest BCUT2D eigenvalue weighted by atomic mass is 10.1. The highest BCUT2D eigenvalue weighted by Gasteiger charge is 2.19. The van der Waals surface area contributed by atoms with E-state index in [2.05, 4.69) is 39.9 Å². The molecule has 1 fully saturated rings. The highest BCUT2D eigenvalue weighted by atomic mass is 16.5. The first-order chi connectivity index (χ1) is 15.1. The fourth-order valence-corrected chi connectivity index (χ4v) is 3.48. The number of ether oxygens (including phenoxy) is 2. The molecule has 3 rings (SSSR count). The molecule has 0 bridgehead atoms. The Kier molecular flexibility index (Phi) is 8.15. The van der Waals surface area contributed by atoms with Crippen LogP contribution in [-0.4, -0.2) is 50.1 Å². The second-order valence-corrected chi connectivity index (χ2v) is 7.62. The van der Waals surface area contributed by atoms with Crippen LogP contribution in [0.4, 0.5) is 0 Å². The first-order valence-corrected chi connectivity index (χ1v) is 10.7. The quantitative estimate of drug-likeness (QED) is 0.478. The molecule has 7 nitrogen and oxygen atoms in total. The number of carbonyl (C=O) groups excluding carboxylic acids is 1. The van der Waals surface area contributed by atoms with Gasteiger partial charge in [0.25, 0.3) is 0 Å². The van der Waals surface area contributed by atoms with Gasteiger partial charge >= 0.3 is 0 Å². The number of hydrogen-bond acceptors (Lipinski definition) is 4. The molecule has 166 valence electrons. The molecule has 1 amide bonds. The number of rotatable bonds is 9. The SMILES string of the molecule is CN=C(NCc1ccc(CN2CCCC2=O)cc1)NCC(C)Oc1ccccc1OC. The van der Waals surface area contributed by atoms with Crippen LogP contribution < -0.4 is 20.1 Å². The lowest BCUT2D eigenvalue weighted by Crippen LogP contribution is -2.41. The molecule has 1 aliphatic rings. The van der Waals surface area contributed by atoms with E-state index >= 15 is 0 Å². The predicted molar refractivity (Wildman–Crippen MR) is 122 cm³/mol. The Labute approximate surface area is 184 Å². The average Bonchev–Trinajstić information content (AvgIpc) is 3.19. The van der Waals surface area contributed by atoms with Gasteiger partial charge in [0.2, 0.25) is 5.91 Å². The second kappa shape index (κ2) is 11.2. The lowest BCUT2D eigenvalue weighted by Gasteiger charge is -2.19. The Bertz CT molecular complexity index is 883. The van der Waals surface area contributed by atoms with Crippen LogP contribution in [-0.2, 0) is 17.9 Å². The number of benzene rings is 2. The van der Waals surface area contributed by atoms with Gasteiger partial charge in [-0.15, -0.1) is 0 Å². The molecule has 0 aromatic heterocycles. The van der Waals surface area contributed by atoms with Gasteiger partial charge < -0.3 is 25.0 Å². The van der Waals surface area contributed by atoms with Crippen molar-refractivity contribution in [2.75, 3.05) is 27.2 Å². The highest BCUT2D eigenvalue weighted by molar-refractivity contribution is 5.79. The number of amides is 1. The van der Waals surface area contributed by atoms with E-state index in [1.165, 1.54) is 0 Å². The number of likely N-dealkylation sites (tertiary alicyclic amines) is 1. The number of methoxy groups -OCH3 is 1. The summed E-state index contributed by atoms with van der Waals surface area (Å²) in [4.78, 5) is 18.0. The van der Waals surface area contributed by atoms with Gasteiger partial charge in [0.1, 0.15) is 6.10 Å². The van der Waals surface area contributed by atoms with E-state index in [0.29, 0.717) is 32.0 Å².